The van der Waals surface area contributed by atoms with E-state index in [1.807, 2.05) is 36.4 Å². The Balaban J connectivity index is 2.39. The molecule has 0 heterocycles. The second-order valence-corrected chi connectivity index (χ2v) is 6.75. The Morgan fingerprint density at radius 2 is 1.90 bits per heavy atom. The molecule has 4 nitrogen and oxygen atoms in total. The van der Waals surface area contributed by atoms with Crippen LogP contribution in [0.3, 0.4) is 0 Å². The van der Waals surface area contributed by atoms with Crippen molar-refractivity contribution in [3.8, 4) is 0 Å². The van der Waals surface area contributed by atoms with Gasteiger partial charge < -0.3 is 4.74 Å². The average Bonchev–Trinajstić information content (AvgIpc) is 2.45. The summed E-state index contributed by atoms with van der Waals surface area (Å²) in [7, 11) is -3.65. The molecule has 0 aliphatic heterocycles. The zero-order valence-corrected chi connectivity index (χ0v) is 12.5. The third-order valence-corrected chi connectivity index (χ3v) is 4.81. The summed E-state index contributed by atoms with van der Waals surface area (Å²) in [5.74, 6) is -1.27. The van der Waals surface area contributed by atoms with Crippen LogP contribution in [0, 0.1) is 0 Å². The summed E-state index contributed by atoms with van der Waals surface area (Å²) in [4.78, 5) is 10.8. The lowest BCUT2D eigenvalue weighted by molar-refractivity contribution is -0.138. The maximum Gasteiger partial charge on any atom is 0.303 e. The molecular formula is C16H16O4S. The number of fused-ring (bicyclic) bond motifs is 1. The van der Waals surface area contributed by atoms with Crippen molar-refractivity contribution < 1.29 is 17.9 Å². The molecule has 21 heavy (non-hydrogen) atoms. The second-order valence-electron chi connectivity index (χ2n) is 4.68. The first-order valence-corrected chi connectivity index (χ1v) is 8.12. The predicted molar refractivity (Wildman–Crippen MR) is 82.4 cm³/mol. The molecule has 0 radical (unpaired) electrons. The fraction of sp³-hybridized carbons (Fsp3) is 0.188. The predicted octanol–water partition coefficient (Wildman–Crippen LogP) is 3.00. The van der Waals surface area contributed by atoms with Crippen molar-refractivity contribution in [2.24, 2.45) is 0 Å². The molecule has 0 saturated carbocycles. The molecule has 1 unspecified atom stereocenters. The van der Waals surface area contributed by atoms with Gasteiger partial charge in [0.2, 0.25) is 0 Å². The second kappa shape index (κ2) is 6.10. The first kappa shape index (κ1) is 15.3. The summed E-state index contributed by atoms with van der Waals surface area (Å²) in [5, 5.41) is 1.08. The number of rotatable bonds is 5. The number of hydrogen-bond acceptors (Lipinski definition) is 4. The average molecular weight is 304 g/mol. The Morgan fingerprint density at radius 3 is 2.52 bits per heavy atom. The van der Waals surface area contributed by atoms with Gasteiger partial charge in [-0.3, -0.25) is 4.79 Å². The molecular weight excluding hydrogens is 288 g/mol. The van der Waals surface area contributed by atoms with Gasteiger partial charge in [-0.15, -0.1) is 6.58 Å². The van der Waals surface area contributed by atoms with Gasteiger partial charge in [0.1, 0.15) is 5.25 Å². The smallest absolute Gasteiger partial charge is 0.303 e. The number of carbonyl (C=O) groups excluding carboxylic acids is 1. The summed E-state index contributed by atoms with van der Waals surface area (Å²) in [6, 6.07) is 13.1. The van der Waals surface area contributed by atoms with E-state index in [1.54, 1.807) is 6.07 Å². The summed E-state index contributed by atoms with van der Waals surface area (Å²) in [6.07, 6.45) is 1.35. The van der Waals surface area contributed by atoms with Crippen LogP contribution in [0.5, 0.6) is 0 Å². The lowest BCUT2D eigenvalue weighted by atomic mass is 10.1. The molecule has 0 N–H and O–H groups in total. The first-order valence-electron chi connectivity index (χ1n) is 6.40. The molecule has 0 fully saturated rings. The molecule has 0 spiro atoms. The summed E-state index contributed by atoms with van der Waals surface area (Å²) in [5.41, 5.74) is 0.607. The summed E-state index contributed by atoms with van der Waals surface area (Å²) < 4.78 is 29.1. The van der Waals surface area contributed by atoms with Gasteiger partial charge in [-0.25, -0.2) is 8.42 Å². The SMILES string of the molecule is C=CC(c1ccc2ccccc2c1)S(=O)(=O)COC(C)=O. The molecule has 2 rings (SSSR count). The Kier molecular flexibility index (Phi) is 4.43. The van der Waals surface area contributed by atoms with Crippen molar-refractivity contribution in [2.75, 3.05) is 5.94 Å². The van der Waals surface area contributed by atoms with Gasteiger partial charge in [0.25, 0.3) is 0 Å². The van der Waals surface area contributed by atoms with Gasteiger partial charge in [-0.2, -0.15) is 0 Å². The van der Waals surface area contributed by atoms with Gasteiger partial charge in [0.15, 0.2) is 15.8 Å². The van der Waals surface area contributed by atoms with E-state index < -0.39 is 27.0 Å². The lowest BCUT2D eigenvalue weighted by Crippen LogP contribution is -2.18. The van der Waals surface area contributed by atoms with E-state index in [2.05, 4.69) is 11.3 Å². The minimum Gasteiger partial charge on any atom is -0.449 e. The Bertz CT molecular complexity index is 778. The van der Waals surface area contributed by atoms with E-state index in [0.717, 1.165) is 10.8 Å². The molecule has 110 valence electrons. The van der Waals surface area contributed by atoms with E-state index in [9.17, 15) is 13.2 Å². The van der Waals surface area contributed by atoms with Gasteiger partial charge in [0, 0.05) is 6.92 Å². The molecule has 5 heteroatoms. The molecule has 2 aromatic rings. The zero-order valence-electron chi connectivity index (χ0n) is 11.7. The molecule has 1 atom stereocenters. The molecule has 2 aromatic carbocycles. The monoisotopic (exact) mass is 304 g/mol. The van der Waals surface area contributed by atoms with E-state index in [1.165, 1.54) is 13.0 Å². The van der Waals surface area contributed by atoms with Crippen LogP contribution < -0.4 is 0 Å². The summed E-state index contributed by atoms with van der Waals surface area (Å²) >= 11 is 0. The van der Waals surface area contributed by atoms with Crippen LogP contribution in [0.2, 0.25) is 0 Å². The number of ether oxygens (including phenoxy) is 1. The van der Waals surface area contributed by atoms with Gasteiger partial charge in [-0.1, -0.05) is 42.5 Å². The minimum atomic E-state index is -3.65. The largest absolute Gasteiger partial charge is 0.449 e. The molecule has 0 aliphatic rings. The molecule has 0 amide bonds. The zero-order chi connectivity index (χ0) is 15.5. The highest BCUT2D eigenvalue weighted by Crippen LogP contribution is 2.27. The third-order valence-electron chi connectivity index (χ3n) is 3.13. The van der Waals surface area contributed by atoms with Crippen LogP contribution in [0.25, 0.3) is 10.8 Å². The van der Waals surface area contributed by atoms with E-state index in [4.69, 9.17) is 0 Å². The lowest BCUT2D eigenvalue weighted by Gasteiger charge is -2.14. The number of hydrogen-bond donors (Lipinski definition) is 0. The van der Waals surface area contributed by atoms with Crippen molar-refractivity contribution in [2.45, 2.75) is 12.2 Å². The Hall–Kier alpha value is -2.14. The van der Waals surface area contributed by atoms with E-state index in [-0.39, 0.29) is 0 Å². The summed E-state index contributed by atoms with van der Waals surface area (Å²) in [6.45, 7) is 4.77. The van der Waals surface area contributed by atoms with E-state index in [0.29, 0.717) is 5.56 Å². The van der Waals surface area contributed by atoms with Crippen molar-refractivity contribution >= 4 is 26.6 Å². The standard InChI is InChI=1S/C16H16O4S/c1-3-16(21(18,19)11-20-12(2)17)15-9-8-13-6-4-5-7-14(13)10-15/h3-10,16H,1,11H2,2H3. The fourth-order valence-corrected chi connectivity index (χ4v) is 3.44. The van der Waals surface area contributed by atoms with Crippen LogP contribution >= 0.6 is 0 Å². The van der Waals surface area contributed by atoms with Crippen molar-refractivity contribution in [1.29, 1.82) is 0 Å². The van der Waals surface area contributed by atoms with Crippen LogP contribution in [0.15, 0.2) is 55.1 Å². The van der Waals surface area contributed by atoms with Crippen molar-refractivity contribution in [1.82, 2.24) is 0 Å². The highest BCUT2D eigenvalue weighted by Gasteiger charge is 2.25. The fourth-order valence-electron chi connectivity index (χ4n) is 2.11. The van der Waals surface area contributed by atoms with Gasteiger partial charge >= 0.3 is 5.97 Å². The minimum absolute atomic E-state index is 0.607. The third kappa shape index (κ3) is 3.49. The topological polar surface area (TPSA) is 60.4 Å². The van der Waals surface area contributed by atoms with E-state index >= 15 is 0 Å². The van der Waals surface area contributed by atoms with Crippen molar-refractivity contribution in [3.63, 3.8) is 0 Å². The van der Waals surface area contributed by atoms with Crippen molar-refractivity contribution in [3.05, 3.63) is 60.7 Å². The highest BCUT2D eigenvalue weighted by atomic mass is 32.2. The molecule has 0 aliphatic carbocycles. The maximum atomic E-state index is 12.3. The number of carbonyl (C=O) groups is 1. The number of sulfone groups is 1. The Morgan fingerprint density at radius 1 is 1.24 bits per heavy atom. The molecule has 0 saturated heterocycles. The Labute approximate surface area is 124 Å². The first-order chi connectivity index (χ1) is 9.94. The number of esters is 1. The van der Waals surface area contributed by atoms with Crippen LogP contribution in [-0.4, -0.2) is 20.3 Å². The normalized spacial score (nSPS) is 12.8. The highest BCUT2D eigenvalue weighted by molar-refractivity contribution is 7.91. The van der Waals surface area contributed by atoms with Crippen LogP contribution in [0.4, 0.5) is 0 Å². The quantitative estimate of drug-likeness (QED) is 0.629. The van der Waals surface area contributed by atoms with Crippen LogP contribution in [-0.2, 0) is 19.4 Å². The number of benzene rings is 2. The molecule has 0 bridgehead atoms. The van der Waals surface area contributed by atoms with Gasteiger partial charge in [-0.05, 0) is 22.4 Å². The van der Waals surface area contributed by atoms with Gasteiger partial charge in [0.05, 0.1) is 0 Å². The molecule has 0 aromatic heterocycles. The van der Waals surface area contributed by atoms with Crippen LogP contribution in [0.1, 0.15) is 17.7 Å². The maximum absolute atomic E-state index is 12.3.